The highest BCUT2D eigenvalue weighted by atomic mass is 16.6. The van der Waals surface area contributed by atoms with Crippen LogP contribution in [-0.4, -0.2) is 35.6 Å². The van der Waals surface area contributed by atoms with Crippen LogP contribution in [0.15, 0.2) is 84.6 Å². The molecule has 0 saturated heterocycles. The molecule has 34 heavy (non-hydrogen) atoms. The number of amides is 1. The van der Waals surface area contributed by atoms with E-state index in [1.807, 2.05) is 12.1 Å². The van der Waals surface area contributed by atoms with Crippen LogP contribution in [0.25, 0.3) is 11.4 Å². The molecular weight excluding hydrogens is 436 g/mol. The zero-order valence-electron chi connectivity index (χ0n) is 17.9. The minimum atomic E-state index is -0.574. The van der Waals surface area contributed by atoms with Crippen LogP contribution in [0, 0.1) is 10.1 Å². The molecule has 0 bridgehead atoms. The summed E-state index contributed by atoms with van der Waals surface area (Å²) in [6, 6.07) is 12.5. The van der Waals surface area contributed by atoms with Crippen molar-refractivity contribution in [2.24, 2.45) is 0 Å². The van der Waals surface area contributed by atoms with Crippen molar-refractivity contribution in [1.82, 2.24) is 24.7 Å². The number of nitrogens with zero attached hydrogens (tertiary/aromatic N) is 6. The fourth-order valence-corrected chi connectivity index (χ4v) is 3.79. The molecule has 2 N–H and O–H groups in total. The van der Waals surface area contributed by atoms with Crippen LogP contribution in [0.2, 0.25) is 0 Å². The molecule has 4 aromatic rings. The molecule has 0 spiro atoms. The van der Waals surface area contributed by atoms with Crippen LogP contribution < -0.4 is 10.6 Å². The van der Waals surface area contributed by atoms with Crippen molar-refractivity contribution in [2.45, 2.75) is 13.0 Å². The Morgan fingerprint density at radius 3 is 2.53 bits per heavy atom. The summed E-state index contributed by atoms with van der Waals surface area (Å²) in [5.41, 5.74) is 3.04. The third kappa shape index (κ3) is 3.86. The monoisotopic (exact) mass is 454 g/mol. The summed E-state index contributed by atoms with van der Waals surface area (Å²) in [6.07, 6.45) is 6.50. The molecule has 11 nitrogen and oxygen atoms in total. The molecule has 4 heterocycles. The Labute approximate surface area is 193 Å². The molecule has 1 aromatic carbocycles. The van der Waals surface area contributed by atoms with Gasteiger partial charge in [-0.1, -0.05) is 0 Å². The van der Waals surface area contributed by atoms with Gasteiger partial charge in [-0.15, -0.1) is 5.10 Å². The lowest BCUT2D eigenvalue weighted by atomic mass is 9.96. The average molecular weight is 454 g/mol. The van der Waals surface area contributed by atoms with Gasteiger partial charge < -0.3 is 10.6 Å². The van der Waals surface area contributed by atoms with Crippen LogP contribution in [0.3, 0.4) is 0 Å². The Morgan fingerprint density at radius 2 is 1.85 bits per heavy atom. The van der Waals surface area contributed by atoms with E-state index in [4.69, 9.17) is 0 Å². The molecule has 11 heteroatoms. The largest absolute Gasteiger partial charge is 0.328 e. The minimum absolute atomic E-state index is 0.0209. The van der Waals surface area contributed by atoms with Crippen molar-refractivity contribution in [3.05, 3.63) is 100 Å². The lowest BCUT2D eigenvalue weighted by Gasteiger charge is -2.28. The zero-order valence-corrected chi connectivity index (χ0v) is 17.9. The second-order valence-corrected chi connectivity index (χ2v) is 7.55. The topological polar surface area (TPSA) is 141 Å². The smallest absolute Gasteiger partial charge is 0.269 e. The number of nitro groups is 1. The fraction of sp³-hybridized carbons (Fsp3) is 0.0870. The van der Waals surface area contributed by atoms with E-state index in [0.29, 0.717) is 34.3 Å². The maximum atomic E-state index is 13.4. The number of nitro benzene ring substituents is 1. The Balaban J connectivity index is 1.57. The lowest BCUT2D eigenvalue weighted by Crippen LogP contribution is -2.31. The predicted molar refractivity (Wildman–Crippen MR) is 124 cm³/mol. The number of nitrogens with one attached hydrogen (secondary N) is 2. The Morgan fingerprint density at radius 1 is 1.09 bits per heavy atom. The number of benzene rings is 1. The Bertz CT molecular complexity index is 1400. The molecule has 1 atom stereocenters. The normalized spacial score (nSPS) is 14.8. The van der Waals surface area contributed by atoms with E-state index >= 15 is 0 Å². The molecule has 1 amide bonds. The van der Waals surface area contributed by atoms with E-state index < -0.39 is 11.0 Å². The van der Waals surface area contributed by atoms with E-state index in [2.05, 4.69) is 30.7 Å². The number of anilines is 2. The molecule has 5 rings (SSSR count). The second-order valence-electron chi connectivity index (χ2n) is 7.55. The van der Waals surface area contributed by atoms with Gasteiger partial charge in [0.15, 0.2) is 5.82 Å². The molecule has 0 fully saturated rings. The number of fused-ring (bicyclic) bond motifs is 1. The van der Waals surface area contributed by atoms with Gasteiger partial charge in [0.1, 0.15) is 6.04 Å². The van der Waals surface area contributed by atoms with E-state index in [1.54, 1.807) is 60.7 Å². The van der Waals surface area contributed by atoms with Gasteiger partial charge in [-0.05, 0) is 48.9 Å². The van der Waals surface area contributed by atoms with Gasteiger partial charge in [0, 0.05) is 42.0 Å². The van der Waals surface area contributed by atoms with Crippen molar-refractivity contribution >= 4 is 23.2 Å². The minimum Gasteiger partial charge on any atom is -0.328 e. The lowest BCUT2D eigenvalue weighted by molar-refractivity contribution is -0.384. The maximum absolute atomic E-state index is 13.4. The number of non-ortho nitro benzene ring substituents is 1. The van der Waals surface area contributed by atoms with Gasteiger partial charge in [0.05, 0.1) is 22.4 Å². The SMILES string of the molecule is CC1=C(C(=O)Nc2cccnc2)C(c2ccncc2)n2nc(-c3ccc([N+](=O)[O-])cc3)nc2N1. The van der Waals surface area contributed by atoms with Crippen molar-refractivity contribution in [3.63, 3.8) is 0 Å². The fourth-order valence-electron chi connectivity index (χ4n) is 3.79. The van der Waals surface area contributed by atoms with Crippen molar-refractivity contribution < 1.29 is 9.72 Å². The van der Waals surface area contributed by atoms with Crippen molar-refractivity contribution in [2.75, 3.05) is 10.6 Å². The third-order valence-electron chi connectivity index (χ3n) is 5.37. The molecule has 0 saturated carbocycles. The summed E-state index contributed by atoms with van der Waals surface area (Å²) in [7, 11) is 0. The number of pyridine rings is 2. The Kier molecular flexibility index (Phi) is 5.26. The number of hydrogen-bond acceptors (Lipinski definition) is 8. The van der Waals surface area contributed by atoms with Crippen LogP contribution in [0.5, 0.6) is 0 Å². The first-order valence-corrected chi connectivity index (χ1v) is 10.3. The predicted octanol–water partition coefficient (Wildman–Crippen LogP) is 3.57. The quantitative estimate of drug-likeness (QED) is 0.344. The number of allylic oxidation sites excluding steroid dienone is 1. The summed E-state index contributed by atoms with van der Waals surface area (Å²) in [6.45, 7) is 1.80. The molecular formula is C23H18N8O3. The highest BCUT2D eigenvalue weighted by molar-refractivity contribution is 6.05. The van der Waals surface area contributed by atoms with E-state index in [-0.39, 0.29) is 11.6 Å². The zero-order chi connectivity index (χ0) is 23.7. The highest BCUT2D eigenvalue weighted by Gasteiger charge is 2.34. The van der Waals surface area contributed by atoms with Gasteiger partial charge in [0.2, 0.25) is 5.95 Å². The standard InChI is InChI=1S/C23H18N8O3/c1-14-19(22(32)27-17-3-2-10-25-13-17)20(15-8-11-24-12-9-15)30-23(26-14)28-21(29-30)16-4-6-18(7-5-16)31(33)34/h2-13,20H,1H3,(H,27,32)(H,26,28,29). The summed E-state index contributed by atoms with van der Waals surface area (Å²) in [5, 5.41) is 21.7. The molecule has 168 valence electrons. The second kappa shape index (κ2) is 8.54. The number of carbonyl (C=O) groups excluding carboxylic acids is 1. The van der Waals surface area contributed by atoms with Crippen LogP contribution in [0.1, 0.15) is 18.5 Å². The summed E-state index contributed by atoms with van der Waals surface area (Å²) in [5.74, 6) is 0.515. The van der Waals surface area contributed by atoms with Gasteiger partial charge in [-0.25, -0.2) is 4.68 Å². The first-order valence-electron chi connectivity index (χ1n) is 10.3. The van der Waals surface area contributed by atoms with Gasteiger partial charge >= 0.3 is 0 Å². The number of aromatic nitrogens is 5. The van der Waals surface area contributed by atoms with Gasteiger partial charge in [-0.2, -0.15) is 4.98 Å². The van der Waals surface area contributed by atoms with Gasteiger partial charge in [-0.3, -0.25) is 24.9 Å². The summed E-state index contributed by atoms with van der Waals surface area (Å²) < 4.78 is 1.64. The molecule has 0 radical (unpaired) electrons. The third-order valence-corrected chi connectivity index (χ3v) is 5.37. The number of hydrogen-bond donors (Lipinski definition) is 2. The van der Waals surface area contributed by atoms with E-state index in [1.165, 1.54) is 12.1 Å². The van der Waals surface area contributed by atoms with Crippen LogP contribution >= 0.6 is 0 Å². The van der Waals surface area contributed by atoms with Crippen LogP contribution in [-0.2, 0) is 4.79 Å². The molecule has 1 aliphatic rings. The first kappa shape index (κ1) is 20.9. The summed E-state index contributed by atoms with van der Waals surface area (Å²) >= 11 is 0. The van der Waals surface area contributed by atoms with Crippen molar-refractivity contribution in [3.8, 4) is 11.4 Å². The first-order chi connectivity index (χ1) is 16.5. The maximum Gasteiger partial charge on any atom is 0.269 e. The number of rotatable bonds is 5. The Hall–Kier alpha value is -4.93. The average Bonchev–Trinajstić information content (AvgIpc) is 3.28. The number of carbonyl (C=O) groups is 1. The van der Waals surface area contributed by atoms with E-state index in [0.717, 1.165) is 5.56 Å². The molecule has 1 aliphatic heterocycles. The molecule has 1 unspecified atom stereocenters. The summed E-state index contributed by atoms with van der Waals surface area (Å²) in [4.78, 5) is 36.6. The van der Waals surface area contributed by atoms with E-state index in [9.17, 15) is 14.9 Å². The highest BCUT2D eigenvalue weighted by Crippen LogP contribution is 2.36. The van der Waals surface area contributed by atoms with Crippen molar-refractivity contribution in [1.29, 1.82) is 0 Å². The molecule has 3 aromatic heterocycles. The van der Waals surface area contributed by atoms with Gasteiger partial charge in [0.25, 0.3) is 11.6 Å². The molecule has 0 aliphatic carbocycles. The van der Waals surface area contributed by atoms with Crippen LogP contribution in [0.4, 0.5) is 17.3 Å².